The summed E-state index contributed by atoms with van der Waals surface area (Å²) in [6.07, 6.45) is 4.86. The van der Waals surface area contributed by atoms with Gasteiger partial charge in [-0.05, 0) is 32.8 Å². The van der Waals surface area contributed by atoms with E-state index in [9.17, 15) is 0 Å². The molecule has 2 aromatic heterocycles. The van der Waals surface area contributed by atoms with Crippen molar-refractivity contribution >= 4 is 17.3 Å². The molecule has 0 bridgehead atoms. The summed E-state index contributed by atoms with van der Waals surface area (Å²) >= 11 is 1.71. The normalized spacial score (nSPS) is 11.7. The van der Waals surface area contributed by atoms with E-state index in [-0.39, 0.29) is 0 Å². The van der Waals surface area contributed by atoms with Crippen molar-refractivity contribution in [1.29, 1.82) is 0 Å². The number of nitrogens with zero attached hydrogens (tertiary/aromatic N) is 4. The minimum atomic E-state index is 0.666. The molecule has 0 atom stereocenters. The highest BCUT2D eigenvalue weighted by atomic mass is 32.1. The number of thiazole rings is 1. The second-order valence-electron chi connectivity index (χ2n) is 5.14. The molecular formula is C15H24N6S. The highest BCUT2D eigenvalue weighted by Crippen LogP contribution is 2.17. The van der Waals surface area contributed by atoms with Gasteiger partial charge in [0.1, 0.15) is 0 Å². The molecule has 0 aliphatic rings. The van der Waals surface area contributed by atoms with Crippen LogP contribution < -0.4 is 10.6 Å². The summed E-state index contributed by atoms with van der Waals surface area (Å²) in [6, 6.07) is 0. The van der Waals surface area contributed by atoms with Gasteiger partial charge in [-0.25, -0.2) is 9.98 Å². The number of nitrogens with one attached hydrogen (secondary N) is 2. The van der Waals surface area contributed by atoms with E-state index in [0.29, 0.717) is 6.54 Å². The first-order valence-electron chi connectivity index (χ1n) is 7.51. The van der Waals surface area contributed by atoms with E-state index in [1.807, 2.05) is 38.0 Å². The third-order valence-corrected chi connectivity index (χ3v) is 4.25. The smallest absolute Gasteiger partial charge is 0.191 e. The van der Waals surface area contributed by atoms with Gasteiger partial charge in [0.25, 0.3) is 0 Å². The van der Waals surface area contributed by atoms with Gasteiger partial charge in [-0.1, -0.05) is 0 Å². The molecule has 7 heteroatoms. The molecule has 2 heterocycles. The summed E-state index contributed by atoms with van der Waals surface area (Å²) in [5.41, 5.74) is 2.30. The molecule has 2 rings (SSSR count). The lowest BCUT2D eigenvalue weighted by molar-refractivity contribution is 0.765. The van der Waals surface area contributed by atoms with Crippen molar-refractivity contribution < 1.29 is 0 Å². The molecule has 2 N–H and O–H groups in total. The molecule has 6 nitrogen and oxygen atoms in total. The van der Waals surface area contributed by atoms with Crippen molar-refractivity contribution in [3.8, 4) is 0 Å². The zero-order valence-corrected chi connectivity index (χ0v) is 14.5. The van der Waals surface area contributed by atoms with Gasteiger partial charge < -0.3 is 10.6 Å². The average molecular weight is 320 g/mol. The van der Waals surface area contributed by atoms with Crippen LogP contribution >= 0.6 is 11.3 Å². The lowest BCUT2D eigenvalue weighted by Crippen LogP contribution is -2.38. The zero-order valence-electron chi connectivity index (χ0n) is 13.7. The Hall–Kier alpha value is -1.89. The van der Waals surface area contributed by atoms with E-state index in [1.165, 1.54) is 10.4 Å². The van der Waals surface area contributed by atoms with Gasteiger partial charge in [-0.2, -0.15) is 5.10 Å². The first kappa shape index (κ1) is 16.5. The third kappa shape index (κ3) is 4.84. The van der Waals surface area contributed by atoms with Crippen molar-refractivity contribution in [3.63, 3.8) is 0 Å². The first-order chi connectivity index (χ1) is 10.6. The molecule has 22 heavy (non-hydrogen) atoms. The Bertz CT molecular complexity index is 628. The molecule has 0 fully saturated rings. The monoisotopic (exact) mass is 320 g/mol. The lowest BCUT2D eigenvalue weighted by atomic mass is 10.2. The van der Waals surface area contributed by atoms with Crippen LogP contribution in [-0.2, 0) is 20.0 Å². The Kier molecular flexibility index (Phi) is 5.94. The minimum absolute atomic E-state index is 0.666. The van der Waals surface area contributed by atoms with Crippen LogP contribution in [0.15, 0.2) is 17.4 Å². The van der Waals surface area contributed by atoms with Gasteiger partial charge in [0.15, 0.2) is 5.96 Å². The van der Waals surface area contributed by atoms with Crippen molar-refractivity contribution in [1.82, 2.24) is 25.4 Å². The molecule has 0 aliphatic carbocycles. The van der Waals surface area contributed by atoms with Crippen LogP contribution in [0.25, 0.3) is 0 Å². The Balaban J connectivity index is 1.88. The standard InChI is InChI=1S/C15H24N6S/c1-5-16-15(17-7-6-13-8-19-21(4)10-13)18-9-14-11(2)20-12(3)22-14/h8,10H,5-7,9H2,1-4H3,(H2,16,17,18). The average Bonchev–Trinajstić information content (AvgIpc) is 3.01. The fourth-order valence-electron chi connectivity index (χ4n) is 2.14. The van der Waals surface area contributed by atoms with Crippen LogP contribution in [0.1, 0.15) is 28.1 Å². The van der Waals surface area contributed by atoms with Gasteiger partial charge in [-0.3, -0.25) is 4.68 Å². The maximum atomic E-state index is 4.64. The zero-order chi connectivity index (χ0) is 15.9. The number of aliphatic imine (C=N–C) groups is 1. The van der Waals surface area contributed by atoms with Crippen molar-refractivity contribution in [3.05, 3.63) is 33.5 Å². The van der Waals surface area contributed by atoms with E-state index < -0.39 is 0 Å². The summed E-state index contributed by atoms with van der Waals surface area (Å²) < 4.78 is 1.82. The maximum Gasteiger partial charge on any atom is 0.191 e. The lowest BCUT2D eigenvalue weighted by Gasteiger charge is -2.10. The number of guanidine groups is 1. The fourth-order valence-corrected chi connectivity index (χ4v) is 3.00. The topological polar surface area (TPSA) is 67.1 Å². The second kappa shape index (κ2) is 7.93. The van der Waals surface area contributed by atoms with Crippen LogP contribution in [0.4, 0.5) is 0 Å². The Morgan fingerprint density at radius 2 is 2.18 bits per heavy atom. The number of rotatable bonds is 6. The van der Waals surface area contributed by atoms with Crippen LogP contribution in [-0.4, -0.2) is 33.8 Å². The maximum absolute atomic E-state index is 4.64. The Labute approximate surface area is 135 Å². The van der Waals surface area contributed by atoms with E-state index in [2.05, 4.69) is 32.6 Å². The van der Waals surface area contributed by atoms with E-state index in [0.717, 1.165) is 36.2 Å². The summed E-state index contributed by atoms with van der Waals surface area (Å²) in [5.74, 6) is 0.844. The van der Waals surface area contributed by atoms with Crippen molar-refractivity contribution in [2.45, 2.75) is 33.7 Å². The molecular weight excluding hydrogens is 296 g/mol. The van der Waals surface area contributed by atoms with Gasteiger partial charge in [-0.15, -0.1) is 11.3 Å². The molecule has 0 radical (unpaired) electrons. The number of aryl methyl sites for hydroxylation is 3. The highest BCUT2D eigenvalue weighted by Gasteiger charge is 2.05. The fraction of sp³-hybridized carbons (Fsp3) is 0.533. The molecule has 0 spiro atoms. The molecule has 0 aromatic carbocycles. The van der Waals surface area contributed by atoms with Gasteiger partial charge in [0.05, 0.1) is 23.4 Å². The predicted molar refractivity (Wildman–Crippen MR) is 91.3 cm³/mol. The first-order valence-corrected chi connectivity index (χ1v) is 8.32. The van der Waals surface area contributed by atoms with Crippen molar-refractivity contribution in [2.24, 2.45) is 12.0 Å². The summed E-state index contributed by atoms with van der Waals surface area (Å²) in [4.78, 5) is 10.3. The van der Waals surface area contributed by atoms with Crippen molar-refractivity contribution in [2.75, 3.05) is 13.1 Å². The van der Waals surface area contributed by atoms with Gasteiger partial charge in [0, 0.05) is 31.2 Å². The molecule has 0 saturated heterocycles. The number of hydrogen-bond acceptors (Lipinski definition) is 4. The second-order valence-corrected chi connectivity index (χ2v) is 6.42. The van der Waals surface area contributed by atoms with Crippen LogP contribution in [0.2, 0.25) is 0 Å². The quantitative estimate of drug-likeness (QED) is 0.629. The molecule has 0 saturated carbocycles. The van der Waals surface area contributed by atoms with E-state index in [1.54, 1.807) is 11.3 Å². The number of hydrogen-bond donors (Lipinski definition) is 2. The van der Waals surface area contributed by atoms with Crippen LogP contribution in [0.5, 0.6) is 0 Å². The molecule has 0 amide bonds. The minimum Gasteiger partial charge on any atom is -0.357 e. The molecule has 2 aromatic rings. The predicted octanol–water partition coefficient (Wildman–Crippen LogP) is 1.79. The summed E-state index contributed by atoms with van der Waals surface area (Å²) in [7, 11) is 1.93. The van der Waals surface area contributed by atoms with Crippen LogP contribution in [0, 0.1) is 13.8 Å². The molecule has 0 unspecified atom stereocenters. The summed E-state index contributed by atoms with van der Waals surface area (Å²) in [6.45, 7) is 8.48. The van der Waals surface area contributed by atoms with Gasteiger partial charge >= 0.3 is 0 Å². The molecule has 0 aliphatic heterocycles. The van der Waals surface area contributed by atoms with E-state index >= 15 is 0 Å². The van der Waals surface area contributed by atoms with E-state index in [4.69, 9.17) is 0 Å². The largest absolute Gasteiger partial charge is 0.357 e. The number of aromatic nitrogens is 3. The van der Waals surface area contributed by atoms with Crippen LogP contribution in [0.3, 0.4) is 0 Å². The van der Waals surface area contributed by atoms with Gasteiger partial charge in [0.2, 0.25) is 0 Å². The molecule has 120 valence electrons. The Morgan fingerprint density at radius 1 is 1.36 bits per heavy atom. The third-order valence-electron chi connectivity index (χ3n) is 3.19. The SMILES string of the molecule is CCNC(=NCc1sc(C)nc1C)NCCc1cnn(C)c1. The highest BCUT2D eigenvalue weighted by molar-refractivity contribution is 7.11. The Morgan fingerprint density at radius 3 is 2.77 bits per heavy atom. The summed E-state index contributed by atoms with van der Waals surface area (Å²) in [5, 5.41) is 11.9.